The highest BCUT2D eigenvalue weighted by atomic mass is 35.5. The number of nitrogen functional groups attached to an aromatic ring is 1. The summed E-state index contributed by atoms with van der Waals surface area (Å²) < 4.78 is 4.90. The Kier molecular flexibility index (Phi) is 2.13. The van der Waals surface area contributed by atoms with E-state index in [0.29, 0.717) is 16.1 Å². The van der Waals surface area contributed by atoms with Gasteiger partial charge in [0.05, 0.1) is 5.02 Å². The average Bonchev–Trinajstić information content (AvgIpc) is 2.07. The van der Waals surface area contributed by atoms with Gasteiger partial charge in [-0.25, -0.2) is 4.79 Å². The number of rotatable bonds is 0. The number of fused-ring (bicyclic) bond motifs is 1. The van der Waals surface area contributed by atoms with E-state index in [2.05, 4.69) is 0 Å². The molecule has 0 fully saturated rings. The summed E-state index contributed by atoms with van der Waals surface area (Å²) in [6, 6.07) is 4.28. The highest BCUT2D eigenvalue weighted by molar-refractivity contribution is 6.38. The Morgan fingerprint density at radius 3 is 2.64 bits per heavy atom. The normalized spacial score (nSPS) is 10.7. The van der Waals surface area contributed by atoms with Gasteiger partial charge in [0.15, 0.2) is 5.58 Å². The van der Waals surface area contributed by atoms with Crippen LogP contribution in [0.1, 0.15) is 0 Å². The van der Waals surface area contributed by atoms with Crippen LogP contribution in [-0.2, 0) is 0 Å². The number of nitrogens with two attached hydrogens (primary N) is 1. The van der Waals surface area contributed by atoms with Crippen LogP contribution in [0.4, 0.5) is 5.69 Å². The molecule has 1 aromatic carbocycles. The fourth-order valence-electron chi connectivity index (χ4n) is 1.21. The standard InChI is InChI=1S/C9H5Cl2NO2/c10-4-1-5-7(12)3-8(13)14-9(5)6(11)2-4/h1-3H,12H2. The number of benzene rings is 1. The number of hydrogen-bond acceptors (Lipinski definition) is 3. The molecule has 2 aromatic rings. The molecule has 0 aliphatic heterocycles. The van der Waals surface area contributed by atoms with Crippen LogP contribution in [0.15, 0.2) is 27.4 Å². The Morgan fingerprint density at radius 2 is 1.93 bits per heavy atom. The second kappa shape index (κ2) is 3.19. The molecule has 14 heavy (non-hydrogen) atoms. The predicted octanol–water partition coefficient (Wildman–Crippen LogP) is 2.68. The lowest BCUT2D eigenvalue weighted by Crippen LogP contribution is -2.00. The van der Waals surface area contributed by atoms with E-state index in [4.69, 9.17) is 33.4 Å². The molecule has 0 unspecified atom stereocenters. The summed E-state index contributed by atoms with van der Waals surface area (Å²) in [6.07, 6.45) is 0. The molecule has 0 spiro atoms. The van der Waals surface area contributed by atoms with Gasteiger partial charge in [0, 0.05) is 22.2 Å². The van der Waals surface area contributed by atoms with Gasteiger partial charge in [0.1, 0.15) is 0 Å². The summed E-state index contributed by atoms with van der Waals surface area (Å²) >= 11 is 11.6. The maximum Gasteiger partial charge on any atom is 0.338 e. The topological polar surface area (TPSA) is 56.2 Å². The molecule has 0 saturated heterocycles. The van der Waals surface area contributed by atoms with Crippen molar-refractivity contribution in [3.63, 3.8) is 0 Å². The summed E-state index contributed by atoms with van der Waals surface area (Å²) in [5.41, 5.74) is 5.66. The van der Waals surface area contributed by atoms with E-state index in [9.17, 15) is 4.79 Å². The largest absolute Gasteiger partial charge is 0.421 e. The molecule has 0 aliphatic carbocycles. The lowest BCUT2D eigenvalue weighted by Gasteiger charge is -2.02. The Hall–Kier alpha value is -1.19. The van der Waals surface area contributed by atoms with E-state index < -0.39 is 5.63 Å². The third kappa shape index (κ3) is 1.45. The molecular formula is C9H5Cl2NO2. The Morgan fingerprint density at radius 1 is 1.21 bits per heavy atom. The van der Waals surface area contributed by atoms with Crippen molar-refractivity contribution >= 4 is 39.9 Å². The van der Waals surface area contributed by atoms with E-state index in [0.717, 1.165) is 0 Å². The Balaban J connectivity index is 3.01. The van der Waals surface area contributed by atoms with Crippen molar-refractivity contribution in [1.29, 1.82) is 0 Å². The van der Waals surface area contributed by atoms with Crippen molar-refractivity contribution in [3.05, 3.63) is 38.7 Å². The van der Waals surface area contributed by atoms with Gasteiger partial charge in [0.25, 0.3) is 0 Å². The van der Waals surface area contributed by atoms with E-state index in [1.165, 1.54) is 12.1 Å². The van der Waals surface area contributed by atoms with Crippen LogP contribution in [0.25, 0.3) is 11.0 Å². The number of hydrogen-bond donors (Lipinski definition) is 1. The first-order valence-electron chi connectivity index (χ1n) is 3.76. The van der Waals surface area contributed by atoms with E-state index in [-0.39, 0.29) is 10.6 Å². The number of halogens is 2. The van der Waals surface area contributed by atoms with Crippen LogP contribution in [0.2, 0.25) is 10.0 Å². The highest BCUT2D eigenvalue weighted by Crippen LogP contribution is 2.29. The van der Waals surface area contributed by atoms with Crippen molar-refractivity contribution in [2.24, 2.45) is 0 Å². The average molecular weight is 230 g/mol. The van der Waals surface area contributed by atoms with Gasteiger partial charge in [-0.3, -0.25) is 0 Å². The first-order valence-corrected chi connectivity index (χ1v) is 4.52. The van der Waals surface area contributed by atoms with Gasteiger partial charge >= 0.3 is 5.63 Å². The van der Waals surface area contributed by atoms with Crippen LogP contribution < -0.4 is 11.4 Å². The molecule has 1 heterocycles. The molecule has 0 amide bonds. The van der Waals surface area contributed by atoms with Crippen molar-refractivity contribution in [1.82, 2.24) is 0 Å². The molecule has 2 rings (SSSR count). The Labute approximate surface area is 89.0 Å². The molecule has 0 aliphatic rings. The molecule has 3 nitrogen and oxygen atoms in total. The lowest BCUT2D eigenvalue weighted by atomic mass is 10.2. The fraction of sp³-hybridized carbons (Fsp3) is 0. The Bertz CT molecular complexity index is 562. The molecular weight excluding hydrogens is 225 g/mol. The van der Waals surface area contributed by atoms with Gasteiger partial charge in [-0.05, 0) is 12.1 Å². The summed E-state index contributed by atoms with van der Waals surface area (Å²) in [4.78, 5) is 11.0. The quantitative estimate of drug-likeness (QED) is 0.707. The van der Waals surface area contributed by atoms with Crippen LogP contribution >= 0.6 is 23.2 Å². The van der Waals surface area contributed by atoms with Gasteiger partial charge in [0.2, 0.25) is 0 Å². The molecule has 0 bridgehead atoms. The molecule has 5 heteroatoms. The van der Waals surface area contributed by atoms with Crippen LogP contribution in [-0.4, -0.2) is 0 Å². The maximum atomic E-state index is 11.0. The second-order valence-corrected chi connectivity index (χ2v) is 3.63. The van der Waals surface area contributed by atoms with Crippen LogP contribution in [0, 0.1) is 0 Å². The zero-order valence-corrected chi connectivity index (χ0v) is 8.39. The summed E-state index contributed by atoms with van der Waals surface area (Å²) in [7, 11) is 0. The molecule has 0 atom stereocenters. The minimum absolute atomic E-state index is 0.265. The van der Waals surface area contributed by atoms with Gasteiger partial charge in [-0.15, -0.1) is 0 Å². The summed E-state index contributed by atoms with van der Waals surface area (Å²) in [5.74, 6) is 0. The fourth-order valence-corrected chi connectivity index (χ4v) is 1.75. The van der Waals surface area contributed by atoms with Crippen molar-refractivity contribution < 1.29 is 4.42 Å². The first-order chi connectivity index (χ1) is 6.58. The van der Waals surface area contributed by atoms with Gasteiger partial charge in [-0.1, -0.05) is 23.2 Å². The molecule has 2 N–H and O–H groups in total. The minimum Gasteiger partial charge on any atom is -0.421 e. The molecule has 1 aromatic heterocycles. The second-order valence-electron chi connectivity index (χ2n) is 2.79. The SMILES string of the molecule is Nc1cc(=O)oc2c(Cl)cc(Cl)cc12. The van der Waals surface area contributed by atoms with E-state index in [1.807, 2.05) is 0 Å². The van der Waals surface area contributed by atoms with Crippen molar-refractivity contribution in [3.8, 4) is 0 Å². The zero-order chi connectivity index (χ0) is 10.3. The van der Waals surface area contributed by atoms with Crippen molar-refractivity contribution in [2.75, 3.05) is 5.73 Å². The smallest absolute Gasteiger partial charge is 0.338 e. The van der Waals surface area contributed by atoms with Crippen molar-refractivity contribution in [2.45, 2.75) is 0 Å². The number of anilines is 1. The predicted molar refractivity (Wildman–Crippen MR) is 56.9 cm³/mol. The lowest BCUT2D eigenvalue weighted by molar-refractivity contribution is 0.562. The monoisotopic (exact) mass is 229 g/mol. The maximum absolute atomic E-state index is 11.0. The van der Waals surface area contributed by atoms with Gasteiger partial charge < -0.3 is 10.2 Å². The zero-order valence-electron chi connectivity index (χ0n) is 6.88. The summed E-state index contributed by atoms with van der Waals surface area (Å²) in [6.45, 7) is 0. The summed E-state index contributed by atoms with van der Waals surface area (Å²) in [5, 5.41) is 1.27. The first kappa shape index (κ1) is 9.37. The molecule has 72 valence electrons. The minimum atomic E-state index is -0.528. The molecule has 0 saturated carbocycles. The van der Waals surface area contributed by atoms with Gasteiger partial charge in [-0.2, -0.15) is 0 Å². The highest BCUT2D eigenvalue weighted by Gasteiger charge is 2.07. The van der Waals surface area contributed by atoms with E-state index in [1.54, 1.807) is 6.07 Å². The third-order valence-electron chi connectivity index (χ3n) is 1.80. The van der Waals surface area contributed by atoms with Crippen LogP contribution in [0.3, 0.4) is 0 Å². The van der Waals surface area contributed by atoms with E-state index >= 15 is 0 Å². The van der Waals surface area contributed by atoms with Crippen LogP contribution in [0.5, 0.6) is 0 Å². The molecule has 0 radical (unpaired) electrons. The third-order valence-corrected chi connectivity index (χ3v) is 2.29.